The van der Waals surface area contributed by atoms with E-state index in [9.17, 15) is 10.1 Å². The lowest BCUT2D eigenvalue weighted by Crippen LogP contribution is -2.09. The number of aryl methyl sites for hydroxylation is 1. The SMILES string of the molecule is Cn1ncnc1Sc1cc([N+](=O)[O-])cc(NN)n1. The molecule has 0 fully saturated rings. The molecule has 0 aromatic carbocycles. The van der Waals surface area contributed by atoms with E-state index >= 15 is 0 Å². The Morgan fingerprint density at radius 3 is 2.89 bits per heavy atom. The molecule has 9 nitrogen and oxygen atoms in total. The number of hydrogen-bond acceptors (Lipinski definition) is 8. The molecular formula is C8H9N7O2S. The topological polar surface area (TPSA) is 125 Å². The Kier molecular flexibility index (Phi) is 3.39. The predicted molar refractivity (Wildman–Crippen MR) is 63.8 cm³/mol. The minimum atomic E-state index is -0.511. The first-order chi connectivity index (χ1) is 8.60. The van der Waals surface area contributed by atoms with Crippen LogP contribution in [0.3, 0.4) is 0 Å². The number of nitrogen functional groups attached to an aromatic ring is 1. The fourth-order valence-corrected chi connectivity index (χ4v) is 1.98. The van der Waals surface area contributed by atoms with E-state index in [1.165, 1.54) is 18.5 Å². The highest BCUT2D eigenvalue weighted by atomic mass is 32.2. The summed E-state index contributed by atoms with van der Waals surface area (Å²) in [4.78, 5) is 18.3. The van der Waals surface area contributed by atoms with Crippen molar-refractivity contribution in [3.63, 3.8) is 0 Å². The minimum Gasteiger partial charge on any atom is -0.308 e. The molecular weight excluding hydrogens is 258 g/mol. The summed E-state index contributed by atoms with van der Waals surface area (Å²) in [5.74, 6) is 5.43. The molecule has 3 N–H and O–H groups in total. The Morgan fingerprint density at radius 2 is 2.33 bits per heavy atom. The van der Waals surface area contributed by atoms with Crippen molar-refractivity contribution in [1.29, 1.82) is 0 Å². The van der Waals surface area contributed by atoms with Crippen LogP contribution in [0.2, 0.25) is 0 Å². The van der Waals surface area contributed by atoms with Gasteiger partial charge in [-0.1, -0.05) is 0 Å². The average Bonchev–Trinajstić information content (AvgIpc) is 2.74. The number of hydrogen-bond donors (Lipinski definition) is 2. The van der Waals surface area contributed by atoms with E-state index in [0.29, 0.717) is 10.2 Å². The van der Waals surface area contributed by atoms with Crippen LogP contribution in [0, 0.1) is 10.1 Å². The molecule has 2 heterocycles. The molecule has 0 aliphatic carbocycles. The van der Waals surface area contributed by atoms with Crippen molar-refractivity contribution in [2.24, 2.45) is 12.9 Å². The highest BCUT2D eigenvalue weighted by Crippen LogP contribution is 2.28. The lowest BCUT2D eigenvalue weighted by molar-refractivity contribution is -0.385. The number of aromatic nitrogens is 4. The number of nitrogens with two attached hydrogens (primary N) is 1. The van der Waals surface area contributed by atoms with E-state index in [0.717, 1.165) is 11.8 Å². The fourth-order valence-electron chi connectivity index (χ4n) is 1.19. The molecule has 0 saturated heterocycles. The number of hydrazine groups is 1. The number of nitrogens with zero attached hydrogens (tertiary/aromatic N) is 5. The maximum Gasteiger partial charge on any atom is 0.275 e. The Labute approximate surface area is 106 Å². The molecule has 94 valence electrons. The molecule has 18 heavy (non-hydrogen) atoms. The van der Waals surface area contributed by atoms with Gasteiger partial charge >= 0.3 is 0 Å². The van der Waals surface area contributed by atoms with E-state index in [1.807, 2.05) is 0 Å². The second-order valence-electron chi connectivity index (χ2n) is 3.22. The maximum absolute atomic E-state index is 10.8. The predicted octanol–water partition coefficient (Wildman–Crippen LogP) is 0.555. The van der Waals surface area contributed by atoms with Gasteiger partial charge in [0.25, 0.3) is 5.69 Å². The second-order valence-corrected chi connectivity index (χ2v) is 4.21. The van der Waals surface area contributed by atoms with Crippen LogP contribution in [0.4, 0.5) is 11.5 Å². The largest absolute Gasteiger partial charge is 0.308 e. The van der Waals surface area contributed by atoms with Crippen LogP contribution in [0.5, 0.6) is 0 Å². The molecule has 0 unspecified atom stereocenters. The average molecular weight is 267 g/mol. The van der Waals surface area contributed by atoms with Crippen molar-refractivity contribution in [2.45, 2.75) is 10.2 Å². The molecule has 0 aliphatic rings. The van der Waals surface area contributed by atoms with Crippen molar-refractivity contribution < 1.29 is 4.92 Å². The standard InChI is InChI=1S/C8H9N7O2S/c1-14-8(10-4-11-14)18-7-3-5(15(16)17)2-6(12-7)13-9/h2-4H,9H2,1H3,(H,12,13). The van der Waals surface area contributed by atoms with E-state index < -0.39 is 4.92 Å². The zero-order chi connectivity index (χ0) is 13.1. The summed E-state index contributed by atoms with van der Waals surface area (Å²) in [6, 6.07) is 2.60. The van der Waals surface area contributed by atoms with Crippen molar-refractivity contribution >= 4 is 23.3 Å². The molecule has 0 radical (unpaired) electrons. The summed E-state index contributed by atoms with van der Waals surface area (Å²) < 4.78 is 1.54. The summed E-state index contributed by atoms with van der Waals surface area (Å²) in [5, 5.41) is 15.6. The molecule has 0 amide bonds. The normalized spacial score (nSPS) is 10.3. The number of nitrogens with one attached hydrogen (secondary N) is 1. The molecule has 0 atom stereocenters. The molecule has 2 aromatic rings. The second kappa shape index (κ2) is 4.98. The maximum atomic E-state index is 10.8. The third-order valence-corrected chi connectivity index (χ3v) is 2.98. The van der Waals surface area contributed by atoms with Crippen LogP contribution in [0.1, 0.15) is 0 Å². The highest BCUT2D eigenvalue weighted by molar-refractivity contribution is 7.99. The molecule has 0 spiro atoms. The Morgan fingerprint density at radius 1 is 1.56 bits per heavy atom. The molecule has 2 aromatic heterocycles. The van der Waals surface area contributed by atoms with Crippen LogP contribution in [0.25, 0.3) is 0 Å². The Bertz CT molecular complexity index is 585. The van der Waals surface area contributed by atoms with Crippen molar-refractivity contribution in [3.05, 3.63) is 28.6 Å². The van der Waals surface area contributed by atoms with Gasteiger partial charge in [-0.2, -0.15) is 5.10 Å². The number of pyridine rings is 1. The van der Waals surface area contributed by atoms with Crippen LogP contribution in [-0.4, -0.2) is 24.7 Å². The van der Waals surface area contributed by atoms with Gasteiger partial charge in [-0.25, -0.2) is 20.5 Å². The summed E-state index contributed by atoms with van der Waals surface area (Å²) >= 11 is 1.16. The van der Waals surface area contributed by atoms with Crippen LogP contribution in [0.15, 0.2) is 28.6 Å². The first-order valence-electron chi connectivity index (χ1n) is 4.75. The highest BCUT2D eigenvalue weighted by Gasteiger charge is 2.13. The zero-order valence-corrected chi connectivity index (χ0v) is 10.1. The van der Waals surface area contributed by atoms with Crippen molar-refractivity contribution in [3.8, 4) is 0 Å². The molecule has 0 aliphatic heterocycles. The van der Waals surface area contributed by atoms with E-state index in [4.69, 9.17) is 5.84 Å². The quantitative estimate of drug-likeness (QED) is 0.467. The van der Waals surface area contributed by atoms with E-state index in [-0.39, 0.29) is 11.5 Å². The lowest BCUT2D eigenvalue weighted by Gasteiger charge is -2.03. The van der Waals surface area contributed by atoms with Crippen molar-refractivity contribution in [2.75, 3.05) is 5.43 Å². The van der Waals surface area contributed by atoms with Gasteiger partial charge < -0.3 is 5.43 Å². The summed E-state index contributed by atoms with van der Waals surface area (Å²) in [5.41, 5.74) is 2.19. The fraction of sp³-hybridized carbons (Fsp3) is 0.125. The summed E-state index contributed by atoms with van der Waals surface area (Å²) in [7, 11) is 1.72. The molecule has 0 bridgehead atoms. The molecule has 2 rings (SSSR count). The number of anilines is 1. The van der Waals surface area contributed by atoms with Gasteiger partial charge in [0.15, 0.2) is 5.16 Å². The third-order valence-electron chi connectivity index (χ3n) is 2.01. The summed E-state index contributed by atoms with van der Waals surface area (Å²) in [6.07, 6.45) is 1.39. The van der Waals surface area contributed by atoms with Gasteiger partial charge in [0.05, 0.1) is 11.0 Å². The van der Waals surface area contributed by atoms with E-state index in [1.54, 1.807) is 11.7 Å². The smallest absolute Gasteiger partial charge is 0.275 e. The van der Waals surface area contributed by atoms with Gasteiger partial charge in [-0.15, -0.1) is 0 Å². The Balaban J connectivity index is 2.35. The molecule has 10 heteroatoms. The van der Waals surface area contributed by atoms with Gasteiger partial charge in [0.1, 0.15) is 17.2 Å². The molecule has 0 saturated carbocycles. The van der Waals surface area contributed by atoms with Crippen LogP contribution >= 0.6 is 11.8 Å². The van der Waals surface area contributed by atoms with Gasteiger partial charge in [-0.05, 0) is 11.8 Å². The number of nitro groups is 1. The monoisotopic (exact) mass is 267 g/mol. The van der Waals surface area contributed by atoms with Gasteiger partial charge in [-0.3, -0.25) is 10.1 Å². The summed E-state index contributed by atoms with van der Waals surface area (Å²) in [6.45, 7) is 0. The first kappa shape index (κ1) is 12.3. The van der Waals surface area contributed by atoms with Crippen LogP contribution in [-0.2, 0) is 7.05 Å². The van der Waals surface area contributed by atoms with Gasteiger partial charge in [0.2, 0.25) is 0 Å². The minimum absolute atomic E-state index is 0.0948. The van der Waals surface area contributed by atoms with E-state index in [2.05, 4.69) is 20.5 Å². The number of rotatable bonds is 4. The Hall–Kier alpha value is -2.20. The zero-order valence-electron chi connectivity index (χ0n) is 9.27. The first-order valence-corrected chi connectivity index (χ1v) is 5.56. The van der Waals surface area contributed by atoms with Crippen molar-refractivity contribution in [1.82, 2.24) is 19.7 Å². The van der Waals surface area contributed by atoms with Crippen LogP contribution < -0.4 is 11.3 Å². The third kappa shape index (κ3) is 2.55. The lowest BCUT2D eigenvalue weighted by atomic mass is 10.4. The van der Waals surface area contributed by atoms with Gasteiger partial charge in [0, 0.05) is 13.1 Å².